The zero-order valence-corrected chi connectivity index (χ0v) is 32.2. The molecule has 6 aromatic rings. The summed E-state index contributed by atoms with van der Waals surface area (Å²) in [6, 6.07) is 15.2. The van der Waals surface area contributed by atoms with E-state index in [1.54, 1.807) is 48.5 Å². The number of hydrogen-bond acceptors (Lipinski definition) is 8. The number of methoxy groups -OCH3 is 2. The lowest BCUT2D eigenvalue weighted by molar-refractivity contribution is 0.0941. The fourth-order valence-corrected chi connectivity index (χ4v) is 5.63. The average Bonchev–Trinajstić information content (AvgIpc) is 3.21. The van der Waals surface area contributed by atoms with Gasteiger partial charge in [-0.25, -0.2) is 17.6 Å². The Morgan fingerprint density at radius 1 is 0.603 bits per heavy atom. The van der Waals surface area contributed by atoms with Crippen molar-refractivity contribution in [1.82, 2.24) is 20.6 Å². The molecule has 0 aliphatic rings. The Bertz CT molecular complexity index is 2550. The van der Waals surface area contributed by atoms with Crippen LogP contribution in [0.1, 0.15) is 31.8 Å². The molecule has 0 atom stereocenters. The largest absolute Gasteiger partial charge is 0.485 e. The van der Waals surface area contributed by atoms with E-state index in [0.717, 1.165) is 23.4 Å². The van der Waals surface area contributed by atoms with Gasteiger partial charge in [0.15, 0.2) is 34.8 Å². The maximum Gasteiger partial charge on any atom is 0.257 e. The Morgan fingerprint density at radius 2 is 1.03 bits per heavy atom. The lowest BCUT2D eigenvalue weighted by Gasteiger charge is -2.16. The highest BCUT2D eigenvalue weighted by molar-refractivity contribution is 6.30. The summed E-state index contributed by atoms with van der Waals surface area (Å²) in [5.41, 5.74) is -0.788. The van der Waals surface area contributed by atoms with Gasteiger partial charge in [-0.05, 0) is 47.5 Å². The van der Waals surface area contributed by atoms with Crippen molar-refractivity contribution in [3.8, 4) is 11.5 Å². The van der Waals surface area contributed by atoms with Gasteiger partial charge in [-0.2, -0.15) is 0 Å². The van der Waals surface area contributed by atoms with Crippen molar-refractivity contribution < 1.29 is 46.1 Å². The first-order valence-electron chi connectivity index (χ1n) is 17.2. The predicted octanol–water partition coefficient (Wildman–Crippen LogP) is 6.83. The molecule has 0 aliphatic carbocycles. The quantitative estimate of drug-likeness (QED) is 0.0528. The number of fused-ring (bicyclic) bond motifs is 2. The van der Waals surface area contributed by atoms with Gasteiger partial charge in [0.05, 0.1) is 35.0 Å². The molecule has 58 heavy (non-hydrogen) atoms. The zero-order valence-electron chi connectivity index (χ0n) is 30.7. The van der Waals surface area contributed by atoms with Crippen LogP contribution in [0.3, 0.4) is 0 Å². The smallest absolute Gasteiger partial charge is 0.257 e. The minimum atomic E-state index is -1.69. The number of H-pyrrole nitrogens is 2. The molecule has 18 heteroatoms. The van der Waals surface area contributed by atoms with Crippen LogP contribution in [-0.4, -0.2) is 62.4 Å². The van der Waals surface area contributed by atoms with Gasteiger partial charge in [0.25, 0.3) is 11.8 Å². The molecule has 0 unspecified atom stereocenters. The molecule has 304 valence electrons. The molecule has 4 N–H and O–H groups in total. The molecule has 0 aliphatic heterocycles. The number of nitrogens with one attached hydrogen (secondary N) is 4. The van der Waals surface area contributed by atoms with E-state index in [9.17, 15) is 36.7 Å². The van der Waals surface area contributed by atoms with E-state index in [1.807, 2.05) is 0 Å². The fourth-order valence-electron chi connectivity index (χ4n) is 5.38. The SMILES string of the molecule is COCCOc1c(F)cc2c(=O)c(C(=O)NCc3ccc(Cl)cc3)c[nH]c2c1OCCOC.O=C(NCc1ccc(Cl)cc1)c1c[nH]c2c(F)c(F)c(F)cc2c1=O. The van der Waals surface area contributed by atoms with Crippen LogP contribution < -0.4 is 31.0 Å². The van der Waals surface area contributed by atoms with E-state index in [4.69, 9.17) is 42.1 Å². The number of hydrogen-bond donors (Lipinski definition) is 4. The van der Waals surface area contributed by atoms with Crippen LogP contribution in [0.15, 0.2) is 82.6 Å². The second-order valence-corrected chi connectivity index (χ2v) is 13.1. The van der Waals surface area contributed by atoms with Crippen LogP contribution in [0, 0.1) is 23.3 Å². The van der Waals surface area contributed by atoms with Crippen LogP contribution in [0.2, 0.25) is 10.0 Å². The molecular formula is C40H34Cl2F4N4O8. The minimum absolute atomic E-state index is 0.0170. The second kappa shape index (κ2) is 20.0. The van der Waals surface area contributed by atoms with Crippen molar-refractivity contribution in [2.45, 2.75) is 13.1 Å². The lowest BCUT2D eigenvalue weighted by atomic mass is 10.1. The predicted molar refractivity (Wildman–Crippen MR) is 209 cm³/mol. The molecule has 0 saturated carbocycles. The Hall–Kier alpha value is -5.94. The summed E-state index contributed by atoms with van der Waals surface area (Å²) in [5.74, 6) is -6.98. The molecule has 0 radical (unpaired) electrons. The van der Waals surface area contributed by atoms with Crippen LogP contribution >= 0.6 is 23.2 Å². The Balaban J connectivity index is 0.000000229. The molecule has 2 heterocycles. The third kappa shape index (κ3) is 10.3. The van der Waals surface area contributed by atoms with E-state index in [-0.39, 0.29) is 73.0 Å². The van der Waals surface area contributed by atoms with Crippen molar-refractivity contribution in [3.63, 3.8) is 0 Å². The molecule has 0 fully saturated rings. The van der Waals surface area contributed by atoms with Crippen molar-refractivity contribution in [1.29, 1.82) is 0 Å². The van der Waals surface area contributed by atoms with E-state index in [1.165, 1.54) is 20.4 Å². The third-order valence-electron chi connectivity index (χ3n) is 8.34. The highest BCUT2D eigenvalue weighted by Gasteiger charge is 2.23. The maximum atomic E-state index is 14.9. The van der Waals surface area contributed by atoms with Gasteiger partial charge in [0, 0.05) is 49.7 Å². The Kier molecular flexibility index (Phi) is 14.9. The number of amides is 2. The van der Waals surface area contributed by atoms with E-state index in [0.29, 0.717) is 16.1 Å². The van der Waals surface area contributed by atoms with Crippen LogP contribution in [0.5, 0.6) is 11.5 Å². The fraction of sp³-hybridized carbons (Fsp3) is 0.200. The first kappa shape index (κ1) is 43.2. The van der Waals surface area contributed by atoms with Crippen LogP contribution in [-0.2, 0) is 22.6 Å². The highest BCUT2D eigenvalue weighted by atomic mass is 35.5. The van der Waals surface area contributed by atoms with Crippen LogP contribution in [0.25, 0.3) is 21.8 Å². The standard InChI is InChI=1S/C23H24ClFN2O6.C17H10ClF3N2O2/c1-30-7-9-32-21-18(25)11-16-19(22(21)33-10-8-31-2)26-13-17(20(16)28)23(29)27-12-14-3-5-15(24)6-4-14;18-9-3-1-8(2-4-9)6-23-17(25)11-7-22-15-10(16(11)24)5-12(19)13(20)14(15)21/h3-6,11,13H,7-10,12H2,1-2H3,(H,26,28)(H,27,29);1-5,7H,6H2,(H,22,24)(H,23,25). The molecule has 2 aromatic heterocycles. The summed E-state index contributed by atoms with van der Waals surface area (Å²) in [5, 5.41) is 5.82. The number of halogens is 6. The zero-order chi connectivity index (χ0) is 41.9. The number of pyridine rings is 2. The molecule has 6 rings (SSSR count). The monoisotopic (exact) mass is 844 g/mol. The molecule has 2 amide bonds. The first-order chi connectivity index (χ1) is 27.8. The van der Waals surface area contributed by atoms with Gasteiger partial charge in [-0.1, -0.05) is 47.5 Å². The molecule has 0 saturated heterocycles. The van der Waals surface area contributed by atoms with Gasteiger partial charge in [-0.15, -0.1) is 0 Å². The number of benzene rings is 4. The number of aromatic nitrogens is 2. The van der Waals surface area contributed by atoms with Crippen molar-refractivity contribution in [2.24, 2.45) is 0 Å². The highest BCUT2D eigenvalue weighted by Crippen LogP contribution is 2.36. The van der Waals surface area contributed by atoms with Gasteiger partial charge in [0.1, 0.15) is 24.3 Å². The van der Waals surface area contributed by atoms with E-state index < -0.39 is 56.8 Å². The summed E-state index contributed by atoms with van der Waals surface area (Å²) in [4.78, 5) is 55.3. The Labute approximate surface area is 337 Å². The number of aromatic amines is 2. The van der Waals surface area contributed by atoms with Gasteiger partial charge in [-0.3, -0.25) is 19.2 Å². The van der Waals surface area contributed by atoms with Gasteiger partial charge in [0.2, 0.25) is 10.9 Å². The summed E-state index contributed by atoms with van der Waals surface area (Å²) < 4.78 is 76.2. The van der Waals surface area contributed by atoms with Crippen molar-refractivity contribution >= 4 is 56.8 Å². The molecule has 0 bridgehead atoms. The van der Waals surface area contributed by atoms with Gasteiger partial charge < -0.3 is 39.5 Å². The second-order valence-electron chi connectivity index (χ2n) is 12.2. The van der Waals surface area contributed by atoms with E-state index >= 15 is 0 Å². The molecule has 4 aromatic carbocycles. The number of carbonyl (C=O) groups excluding carboxylic acids is 2. The normalized spacial score (nSPS) is 10.9. The lowest BCUT2D eigenvalue weighted by Crippen LogP contribution is -2.28. The Morgan fingerprint density at radius 3 is 1.52 bits per heavy atom. The van der Waals surface area contributed by atoms with Crippen molar-refractivity contribution in [3.05, 3.63) is 149 Å². The first-order valence-corrected chi connectivity index (χ1v) is 18.0. The number of ether oxygens (including phenoxy) is 4. The number of rotatable bonds is 14. The summed E-state index contributed by atoms with van der Waals surface area (Å²) >= 11 is 11.6. The number of carbonyl (C=O) groups is 2. The minimum Gasteiger partial charge on any atom is -0.485 e. The van der Waals surface area contributed by atoms with Crippen molar-refractivity contribution in [2.75, 3.05) is 40.6 Å². The summed E-state index contributed by atoms with van der Waals surface area (Å²) in [6.07, 6.45) is 2.23. The average molecular weight is 846 g/mol. The van der Waals surface area contributed by atoms with E-state index in [2.05, 4.69) is 20.6 Å². The topological polar surface area (TPSA) is 161 Å². The van der Waals surface area contributed by atoms with Crippen LogP contribution in [0.4, 0.5) is 17.6 Å². The molecule has 12 nitrogen and oxygen atoms in total. The molecular weight excluding hydrogens is 811 g/mol. The van der Waals surface area contributed by atoms with Gasteiger partial charge >= 0.3 is 0 Å². The molecule has 0 spiro atoms. The summed E-state index contributed by atoms with van der Waals surface area (Å²) in [7, 11) is 2.99. The third-order valence-corrected chi connectivity index (χ3v) is 8.85. The summed E-state index contributed by atoms with van der Waals surface area (Å²) in [6.45, 7) is 0.971. The maximum absolute atomic E-state index is 14.9.